The van der Waals surface area contributed by atoms with E-state index in [-0.39, 0.29) is 12.6 Å². The zero-order chi connectivity index (χ0) is 19.3. The fraction of sp³-hybridized carbons (Fsp3) is 0.238. The van der Waals surface area contributed by atoms with Gasteiger partial charge in [0.05, 0.1) is 12.8 Å². The van der Waals surface area contributed by atoms with E-state index in [1.807, 2.05) is 41.8 Å². The third kappa shape index (κ3) is 3.94. The number of anilines is 1. The Morgan fingerprint density at radius 2 is 1.93 bits per heavy atom. The SMILES string of the molecule is O=C(NCc1cccs1)C(=O)NCC(c1ccco1)N1CCc2ccccc21. The van der Waals surface area contributed by atoms with Crippen LogP contribution in [0.15, 0.2) is 64.6 Å². The van der Waals surface area contributed by atoms with E-state index in [2.05, 4.69) is 27.7 Å². The second-order valence-corrected chi connectivity index (χ2v) is 7.61. The van der Waals surface area contributed by atoms with E-state index in [0.717, 1.165) is 29.3 Å². The van der Waals surface area contributed by atoms with Gasteiger partial charge >= 0.3 is 11.8 Å². The summed E-state index contributed by atoms with van der Waals surface area (Å²) in [5, 5.41) is 7.34. The Hall–Kier alpha value is -3.06. The van der Waals surface area contributed by atoms with Gasteiger partial charge in [-0.05, 0) is 41.6 Å². The number of nitrogens with one attached hydrogen (secondary N) is 2. The number of hydrogen-bond acceptors (Lipinski definition) is 5. The largest absolute Gasteiger partial charge is 0.467 e. The highest BCUT2D eigenvalue weighted by Crippen LogP contribution is 2.34. The summed E-state index contributed by atoms with van der Waals surface area (Å²) in [6, 6.07) is 15.6. The fourth-order valence-corrected chi connectivity index (χ4v) is 4.11. The van der Waals surface area contributed by atoms with Gasteiger partial charge in [-0.3, -0.25) is 9.59 Å². The van der Waals surface area contributed by atoms with Crippen LogP contribution < -0.4 is 15.5 Å². The van der Waals surface area contributed by atoms with Crippen molar-refractivity contribution in [2.45, 2.75) is 19.0 Å². The number of thiophene rings is 1. The van der Waals surface area contributed by atoms with Crippen LogP contribution in [0.1, 0.15) is 22.2 Å². The molecule has 7 heteroatoms. The van der Waals surface area contributed by atoms with E-state index >= 15 is 0 Å². The maximum Gasteiger partial charge on any atom is 0.309 e. The standard InChI is InChI=1S/C21H21N3O3S/c25-20(22-13-16-6-4-12-28-16)21(26)23-14-18(19-8-3-11-27-19)24-10-9-15-5-1-2-7-17(15)24/h1-8,11-12,18H,9-10,13-14H2,(H,22,25)(H,23,26). The number of hydrogen-bond donors (Lipinski definition) is 2. The highest BCUT2D eigenvalue weighted by atomic mass is 32.1. The predicted molar refractivity (Wildman–Crippen MR) is 108 cm³/mol. The molecule has 0 radical (unpaired) electrons. The molecule has 3 heterocycles. The van der Waals surface area contributed by atoms with Gasteiger partial charge in [0.2, 0.25) is 0 Å². The lowest BCUT2D eigenvalue weighted by Crippen LogP contribution is -2.43. The number of nitrogens with zero attached hydrogens (tertiary/aromatic N) is 1. The molecule has 1 aromatic carbocycles. The first-order chi connectivity index (χ1) is 13.7. The van der Waals surface area contributed by atoms with E-state index in [0.29, 0.717) is 6.54 Å². The summed E-state index contributed by atoms with van der Waals surface area (Å²) in [7, 11) is 0. The number of rotatable bonds is 6. The lowest BCUT2D eigenvalue weighted by molar-refractivity contribution is -0.139. The topological polar surface area (TPSA) is 74.6 Å². The molecule has 0 saturated carbocycles. The van der Waals surface area contributed by atoms with Gasteiger partial charge in [-0.25, -0.2) is 0 Å². The molecule has 0 bridgehead atoms. The molecule has 2 N–H and O–H groups in total. The van der Waals surface area contributed by atoms with E-state index in [9.17, 15) is 9.59 Å². The van der Waals surface area contributed by atoms with Crippen LogP contribution in [0.25, 0.3) is 0 Å². The van der Waals surface area contributed by atoms with Crippen molar-refractivity contribution in [2.75, 3.05) is 18.0 Å². The molecular weight excluding hydrogens is 374 g/mol. The molecule has 28 heavy (non-hydrogen) atoms. The fourth-order valence-electron chi connectivity index (χ4n) is 3.46. The maximum atomic E-state index is 12.3. The summed E-state index contributed by atoms with van der Waals surface area (Å²) in [5.74, 6) is -0.509. The van der Waals surface area contributed by atoms with Crippen molar-refractivity contribution in [1.82, 2.24) is 10.6 Å². The number of furan rings is 1. The number of fused-ring (bicyclic) bond motifs is 1. The van der Waals surface area contributed by atoms with Gasteiger partial charge in [0.25, 0.3) is 0 Å². The maximum absolute atomic E-state index is 12.3. The van der Waals surface area contributed by atoms with Crippen LogP contribution in [0, 0.1) is 0 Å². The minimum atomic E-state index is -0.638. The van der Waals surface area contributed by atoms with Crippen molar-refractivity contribution in [3.05, 3.63) is 76.4 Å². The third-order valence-electron chi connectivity index (χ3n) is 4.84. The van der Waals surface area contributed by atoms with Crippen molar-refractivity contribution >= 4 is 28.8 Å². The van der Waals surface area contributed by atoms with Gasteiger partial charge in [-0.1, -0.05) is 24.3 Å². The number of amides is 2. The molecule has 2 amide bonds. The van der Waals surface area contributed by atoms with Crippen molar-refractivity contribution in [1.29, 1.82) is 0 Å². The Kier molecular flexibility index (Phi) is 5.43. The van der Waals surface area contributed by atoms with Gasteiger partial charge in [0.1, 0.15) is 11.8 Å². The molecule has 0 aliphatic carbocycles. The third-order valence-corrected chi connectivity index (χ3v) is 5.71. The highest BCUT2D eigenvalue weighted by Gasteiger charge is 2.29. The molecule has 0 saturated heterocycles. The first-order valence-electron chi connectivity index (χ1n) is 9.19. The molecule has 1 atom stereocenters. The molecular formula is C21H21N3O3S. The van der Waals surface area contributed by atoms with Crippen molar-refractivity contribution < 1.29 is 14.0 Å². The lowest BCUT2D eigenvalue weighted by atomic mass is 10.1. The van der Waals surface area contributed by atoms with Crippen molar-refractivity contribution in [3.8, 4) is 0 Å². The first kappa shape index (κ1) is 18.3. The quantitative estimate of drug-likeness (QED) is 0.630. The van der Waals surface area contributed by atoms with Crippen LogP contribution in [-0.4, -0.2) is 24.9 Å². The first-order valence-corrected chi connectivity index (χ1v) is 10.1. The second-order valence-electron chi connectivity index (χ2n) is 6.58. The number of carbonyl (C=O) groups excluding carboxylic acids is 2. The molecule has 6 nitrogen and oxygen atoms in total. The summed E-state index contributed by atoms with van der Waals surface area (Å²) >= 11 is 1.54. The highest BCUT2D eigenvalue weighted by molar-refractivity contribution is 7.09. The molecule has 1 aliphatic rings. The van der Waals surface area contributed by atoms with E-state index in [1.165, 1.54) is 16.9 Å². The predicted octanol–water partition coefficient (Wildman–Crippen LogP) is 2.88. The van der Waals surface area contributed by atoms with Crippen LogP contribution in [0.4, 0.5) is 5.69 Å². The minimum absolute atomic E-state index is 0.173. The van der Waals surface area contributed by atoms with Gasteiger partial charge in [0.15, 0.2) is 0 Å². The molecule has 1 unspecified atom stereocenters. The Bertz CT molecular complexity index is 938. The van der Waals surface area contributed by atoms with Gasteiger partial charge in [-0.15, -0.1) is 11.3 Å². The molecule has 0 fully saturated rings. The zero-order valence-electron chi connectivity index (χ0n) is 15.3. The van der Waals surface area contributed by atoms with Crippen LogP contribution in [0.3, 0.4) is 0 Å². The molecule has 144 valence electrons. The van der Waals surface area contributed by atoms with Gasteiger partial charge in [0, 0.05) is 23.7 Å². The van der Waals surface area contributed by atoms with E-state index in [1.54, 1.807) is 6.26 Å². The Morgan fingerprint density at radius 1 is 1.07 bits per heavy atom. The Morgan fingerprint density at radius 3 is 2.71 bits per heavy atom. The second kappa shape index (κ2) is 8.31. The summed E-state index contributed by atoms with van der Waals surface area (Å²) in [6.45, 7) is 1.48. The molecule has 0 spiro atoms. The molecule has 2 aromatic heterocycles. The normalized spacial score (nSPS) is 13.8. The average molecular weight is 395 g/mol. The van der Waals surface area contributed by atoms with Crippen LogP contribution in [-0.2, 0) is 22.6 Å². The Balaban J connectivity index is 1.41. The Labute approximate surface area is 167 Å². The summed E-state index contributed by atoms with van der Waals surface area (Å²) < 4.78 is 5.62. The van der Waals surface area contributed by atoms with Crippen molar-refractivity contribution in [2.24, 2.45) is 0 Å². The number of para-hydroxylation sites is 1. The molecule has 3 aromatic rings. The average Bonchev–Trinajstić information content (AvgIpc) is 3.48. The molecule has 1 aliphatic heterocycles. The van der Waals surface area contributed by atoms with Crippen molar-refractivity contribution in [3.63, 3.8) is 0 Å². The van der Waals surface area contributed by atoms with E-state index < -0.39 is 11.8 Å². The minimum Gasteiger partial charge on any atom is -0.467 e. The summed E-state index contributed by atoms with van der Waals surface area (Å²) in [5.41, 5.74) is 2.42. The van der Waals surface area contributed by atoms with Crippen LogP contribution in [0.2, 0.25) is 0 Å². The zero-order valence-corrected chi connectivity index (χ0v) is 16.1. The van der Waals surface area contributed by atoms with Gasteiger partial charge in [-0.2, -0.15) is 0 Å². The monoisotopic (exact) mass is 395 g/mol. The number of benzene rings is 1. The van der Waals surface area contributed by atoms with Gasteiger partial charge < -0.3 is 20.0 Å². The number of carbonyl (C=O) groups is 2. The van der Waals surface area contributed by atoms with Crippen LogP contribution >= 0.6 is 11.3 Å². The van der Waals surface area contributed by atoms with E-state index in [4.69, 9.17) is 4.42 Å². The lowest BCUT2D eigenvalue weighted by Gasteiger charge is -2.29. The summed E-state index contributed by atoms with van der Waals surface area (Å²) in [6.07, 6.45) is 2.57. The van der Waals surface area contributed by atoms with Crippen LogP contribution in [0.5, 0.6) is 0 Å². The molecule has 4 rings (SSSR count). The smallest absolute Gasteiger partial charge is 0.309 e. The summed E-state index contributed by atoms with van der Waals surface area (Å²) in [4.78, 5) is 27.6.